The summed E-state index contributed by atoms with van der Waals surface area (Å²) in [4.78, 5) is 31.7. The fourth-order valence-corrected chi connectivity index (χ4v) is 1.45. The van der Waals surface area contributed by atoms with Gasteiger partial charge in [0.1, 0.15) is 0 Å². The van der Waals surface area contributed by atoms with E-state index in [0.29, 0.717) is 0 Å². The maximum Gasteiger partial charge on any atom is 0.336 e. The van der Waals surface area contributed by atoms with E-state index in [1.807, 2.05) is 36.4 Å². The first-order chi connectivity index (χ1) is 9.57. The SMILES string of the molecule is O=Cc1c(C(=O)O)cccc1C(=O)O.c1ccccc1. The Bertz CT molecular complexity index is 546. The Hall–Kier alpha value is -2.95. The largest absolute Gasteiger partial charge is 0.478 e. The summed E-state index contributed by atoms with van der Waals surface area (Å²) in [7, 11) is 0. The highest BCUT2D eigenvalue weighted by Crippen LogP contribution is 2.12. The summed E-state index contributed by atoms with van der Waals surface area (Å²) < 4.78 is 0. The van der Waals surface area contributed by atoms with E-state index in [4.69, 9.17) is 10.2 Å². The maximum atomic E-state index is 10.6. The van der Waals surface area contributed by atoms with Gasteiger partial charge in [0.25, 0.3) is 0 Å². The van der Waals surface area contributed by atoms with Gasteiger partial charge in [-0.05, 0) is 12.1 Å². The summed E-state index contributed by atoms with van der Waals surface area (Å²) in [6.45, 7) is 0. The normalized spacial score (nSPS) is 9.00. The molecule has 5 nitrogen and oxygen atoms in total. The van der Waals surface area contributed by atoms with E-state index >= 15 is 0 Å². The first kappa shape index (κ1) is 15.1. The van der Waals surface area contributed by atoms with Crippen molar-refractivity contribution < 1.29 is 24.6 Å². The van der Waals surface area contributed by atoms with Crippen LogP contribution in [0.5, 0.6) is 0 Å². The molecule has 0 aliphatic carbocycles. The summed E-state index contributed by atoms with van der Waals surface area (Å²) in [5.74, 6) is -2.65. The Balaban J connectivity index is 0.000000276. The number of carbonyl (C=O) groups excluding carboxylic acids is 1. The van der Waals surface area contributed by atoms with Crippen LogP contribution in [0.4, 0.5) is 0 Å². The van der Waals surface area contributed by atoms with Crippen molar-refractivity contribution in [2.24, 2.45) is 0 Å². The van der Waals surface area contributed by atoms with Gasteiger partial charge in [0.2, 0.25) is 0 Å². The summed E-state index contributed by atoms with van der Waals surface area (Å²) in [5, 5.41) is 17.3. The lowest BCUT2D eigenvalue weighted by atomic mass is 10.0. The minimum absolute atomic E-state index is 0.229. The zero-order valence-electron chi connectivity index (χ0n) is 10.4. The quantitative estimate of drug-likeness (QED) is 0.838. The molecule has 0 amide bonds. The topological polar surface area (TPSA) is 91.7 Å². The zero-order valence-corrected chi connectivity index (χ0v) is 10.4. The van der Waals surface area contributed by atoms with E-state index in [-0.39, 0.29) is 23.0 Å². The third-order valence-electron chi connectivity index (χ3n) is 2.35. The zero-order chi connectivity index (χ0) is 15.0. The van der Waals surface area contributed by atoms with Crippen LogP contribution in [-0.2, 0) is 0 Å². The standard InChI is InChI=1S/C9H6O5.C6H6/c10-4-7-5(8(11)12)2-1-3-6(7)9(13)14;1-2-4-6-5-3-1/h1-4H,(H,11,12)(H,13,14);1-6H. The van der Waals surface area contributed by atoms with Crippen molar-refractivity contribution >= 4 is 18.2 Å². The second kappa shape index (κ2) is 7.48. The molecule has 0 spiro atoms. The van der Waals surface area contributed by atoms with Gasteiger partial charge >= 0.3 is 11.9 Å². The van der Waals surface area contributed by atoms with E-state index in [1.54, 1.807) is 0 Å². The second-order valence-electron chi connectivity index (χ2n) is 3.65. The molecule has 0 aromatic heterocycles. The highest BCUT2D eigenvalue weighted by atomic mass is 16.4. The summed E-state index contributed by atoms with van der Waals surface area (Å²) in [6.07, 6.45) is 0.229. The molecule has 0 fully saturated rings. The molecule has 2 rings (SSSR count). The number of benzene rings is 2. The molecule has 0 saturated carbocycles. The van der Waals surface area contributed by atoms with E-state index in [1.165, 1.54) is 18.2 Å². The summed E-state index contributed by atoms with van der Waals surface area (Å²) in [5.41, 5.74) is -0.924. The van der Waals surface area contributed by atoms with Crippen molar-refractivity contribution in [1.82, 2.24) is 0 Å². The molecule has 20 heavy (non-hydrogen) atoms. The van der Waals surface area contributed by atoms with Gasteiger partial charge in [-0.15, -0.1) is 0 Å². The molecule has 2 aromatic rings. The molecule has 0 unspecified atom stereocenters. The fourth-order valence-electron chi connectivity index (χ4n) is 1.45. The first-order valence-corrected chi connectivity index (χ1v) is 5.62. The van der Waals surface area contributed by atoms with Crippen molar-refractivity contribution in [2.45, 2.75) is 0 Å². The minimum Gasteiger partial charge on any atom is -0.478 e. The van der Waals surface area contributed by atoms with Crippen LogP contribution in [0, 0.1) is 0 Å². The lowest BCUT2D eigenvalue weighted by molar-refractivity contribution is 0.0692. The predicted molar refractivity (Wildman–Crippen MR) is 72.2 cm³/mol. The monoisotopic (exact) mass is 272 g/mol. The molecular formula is C15H12O5. The van der Waals surface area contributed by atoms with Crippen LogP contribution in [0.1, 0.15) is 31.1 Å². The molecule has 5 heteroatoms. The summed E-state index contributed by atoms with van der Waals surface area (Å²) in [6, 6.07) is 15.6. The van der Waals surface area contributed by atoms with Gasteiger partial charge < -0.3 is 10.2 Å². The molecule has 2 aromatic carbocycles. The van der Waals surface area contributed by atoms with Gasteiger partial charge in [0, 0.05) is 5.56 Å². The van der Waals surface area contributed by atoms with Crippen LogP contribution < -0.4 is 0 Å². The van der Waals surface area contributed by atoms with Gasteiger partial charge in [-0.2, -0.15) is 0 Å². The van der Waals surface area contributed by atoms with Crippen LogP contribution in [0.3, 0.4) is 0 Å². The van der Waals surface area contributed by atoms with E-state index < -0.39 is 11.9 Å². The van der Waals surface area contributed by atoms with Crippen LogP contribution in [0.25, 0.3) is 0 Å². The van der Waals surface area contributed by atoms with Crippen LogP contribution >= 0.6 is 0 Å². The molecular weight excluding hydrogens is 260 g/mol. The Morgan fingerprint density at radius 3 is 1.35 bits per heavy atom. The number of carboxylic acid groups (broad SMARTS) is 2. The fraction of sp³-hybridized carbons (Fsp3) is 0. The maximum absolute atomic E-state index is 10.6. The Morgan fingerprint density at radius 2 is 1.10 bits per heavy atom. The van der Waals surface area contributed by atoms with Crippen molar-refractivity contribution in [3.05, 3.63) is 71.3 Å². The summed E-state index contributed by atoms with van der Waals surface area (Å²) >= 11 is 0. The van der Waals surface area contributed by atoms with Crippen molar-refractivity contribution in [2.75, 3.05) is 0 Å². The number of hydrogen-bond donors (Lipinski definition) is 2. The number of aldehydes is 1. The molecule has 0 heterocycles. The number of aromatic carboxylic acids is 2. The molecule has 102 valence electrons. The number of carboxylic acids is 2. The van der Waals surface area contributed by atoms with Crippen LogP contribution in [0.2, 0.25) is 0 Å². The number of hydrogen-bond acceptors (Lipinski definition) is 3. The van der Waals surface area contributed by atoms with E-state index in [0.717, 1.165) is 0 Å². The Labute approximate surface area is 115 Å². The highest BCUT2D eigenvalue weighted by molar-refractivity contribution is 6.05. The van der Waals surface area contributed by atoms with Crippen molar-refractivity contribution in [1.29, 1.82) is 0 Å². The van der Waals surface area contributed by atoms with Gasteiger partial charge in [-0.25, -0.2) is 9.59 Å². The Kier molecular flexibility index (Phi) is 5.65. The van der Waals surface area contributed by atoms with Crippen molar-refractivity contribution in [3.8, 4) is 0 Å². The van der Waals surface area contributed by atoms with E-state index in [9.17, 15) is 14.4 Å². The van der Waals surface area contributed by atoms with Gasteiger partial charge in [0.15, 0.2) is 6.29 Å². The molecule has 0 aliphatic rings. The molecule has 0 saturated heterocycles. The Morgan fingerprint density at radius 1 is 0.750 bits per heavy atom. The smallest absolute Gasteiger partial charge is 0.336 e. The third-order valence-corrected chi connectivity index (χ3v) is 2.35. The lowest BCUT2D eigenvalue weighted by Gasteiger charge is -2.02. The molecule has 0 aliphatic heterocycles. The lowest BCUT2D eigenvalue weighted by Crippen LogP contribution is -2.08. The minimum atomic E-state index is -1.32. The molecule has 0 bridgehead atoms. The molecule has 0 radical (unpaired) electrons. The molecule has 2 N–H and O–H groups in total. The second-order valence-corrected chi connectivity index (χ2v) is 3.65. The first-order valence-electron chi connectivity index (χ1n) is 5.62. The highest BCUT2D eigenvalue weighted by Gasteiger charge is 2.16. The van der Waals surface area contributed by atoms with Gasteiger partial charge in [-0.1, -0.05) is 42.5 Å². The average molecular weight is 272 g/mol. The van der Waals surface area contributed by atoms with Gasteiger partial charge in [0.05, 0.1) is 11.1 Å². The third kappa shape index (κ3) is 4.06. The molecule has 0 atom stereocenters. The van der Waals surface area contributed by atoms with Crippen LogP contribution in [-0.4, -0.2) is 28.4 Å². The average Bonchev–Trinajstić information content (AvgIpc) is 2.48. The predicted octanol–water partition coefficient (Wildman–Crippen LogP) is 2.58. The number of rotatable bonds is 3. The van der Waals surface area contributed by atoms with Gasteiger partial charge in [-0.3, -0.25) is 4.79 Å². The van der Waals surface area contributed by atoms with Crippen molar-refractivity contribution in [3.63, 3.8) is 0 Å². The number of carbonyl (C=O) groups is 3. The van der Waals surface area contributed by atoms with Crippen LogP contribution in [0.15, 0.2) is 54.6 Å². The van der Waals surface area contributed by atoms with E-state index in [2.05, 4.69) is 0 Å².